The normalized spacial score (nSPS) is 12.9. The highest BCUT2D eigenvalue weighted by molar-refractivity contribution is 5.92. The van der Waals surface area contributed by atoms with Crippen molar-refractivity contribution in [3.63, 3.8) is 0 Å². The molecule has 0 fully saturated rings. The maximum atomic E-state index is 11.5. The van der Waals surface area contributed by atoms with Crippen molar-refractivity contribution in [3.05, 3.63) is 29.8 Å². The van der Waals surface area contributed by atoms with Gasteiger partial charge in [-0.2, -0.15) is 0 Å². The van der Waals surface area contributed by atoms with Crippen LogP contribution in [0, 0.1) is 0 Å². The first-order chi connectivity index (χ1) is 9.76. The van der Waals surface area contributed by atoms with E-state index < -0.39 is 30.1 Å². The Bertz CT molecular complexity index is 538. The third-order valence-corrected chi connectivity index (χ3v) is 2.62. The van der Waals surface area contributed by atoms with Gasteiger partial charge in [0.25, 0.3) is 0 Å². The van der Waals surface area contributed by atoms with E-state index in [4.69, 9.17) is 5.11 Å². The number of aliphatic carboxylic acids is 1. The monoisotopic (exact) mass is 296 g/mol. The number of aliphatic hydroxyl groups is 1. The SMILES string of the molecule is COC(=O)c1ccc(NC(=O)NCC(C)(O)C(=O)O)cc1. The maximum Gasteiger partial charge on any atom is 0.337 e. The summed E-state index contributed by atoms with van der Waals surface area (Å²) in [5, 5.41) is 22.8. The van der Waals surface area contributed by atoms with Crippen molar-refractivity contribution in [2.75, 3.05) is 19.0 Å². The second kappa shape index (κ2) is 6.71. The Kier molecular flexibility index (Phi) is 5.25. The number of methoxy groups -OCH3 is 1. The molecule has 1 rings (SSSR count). The first kappa shape index (κ1) is 16.4. The number of carboxylic acids is 1. The van der Waals surface area contributed by atoms with Crippen molar-refractivity contribution in [3.8, 4) is 0 Å². The van der Waals surface area contributed by atoms with Crippen molar-refractivity contribution in [1.29, 1.82) is 0 Å². The van der Waals surface area contributed by atoms with Crippen LogP contribution in [0.2, 0.25) is 0 Å². The summed E-state index contributed by atoms with van der Waals surface area (Å²) in [7, 11) is 1.26. The van der Waals surface area contributed by atoms with E-state index in [1.807, 2.05) is 0 Å². The van der Waals surface area contributed by atoms with Gasteiger partial charge in [-0.05, 0) is 31.2 Å². The molecule has 1 unspecified atom stereocenters. The number of rotatable bonds is 5. The van der Waals surface area contributed by atoms with Crippen LogP contribution in [0.15, 0.2) is 24.3 Å². The van der Waals surface area contributed by atoms with Gasteiger partial charge in [-0.3, -0.25) is 0 Å². The standard InChI is InChI=1S/C13H16N2O6/c1-13(20,11(17)18)7-14-12(19)15-9-5-3-8(4-6-9)10(16)21-2/h3-6,20H,7H2,1-2H3,(H,17,18)(H2,14,15,19). The van der Waals surface area contributed by atoms with E-state index in [9.17, 15) is 19.5 Å². The fourth-order valence-electron chi connectivity index (χ4n) is 1.31. The summed E-state index contributed by atoms with van der Waals surface area (Å²) in [6.45, 7) is 0.620. The van der Waals surface area contributed by atoms with Crippen LogP contribution < -0.4 is 10.6 Å². The second-order valence-corrected chi connectivity index (χ2v) is 4.46. The summed E-state index contributed by atoms with van der Waals surface area (Å²) in [6.07, 6.45) is 0. The molecule has 114 valence electrons. The van der Waals surface area contributed by atoms with Crippen molar-refractivity contribution in [1.82, 2.24) is 5.32 Å². The van der Waals surface area contributed by atoms with Crippen LogP contribution in [0.1, 0.15) is 17.3 Å². The Hall–Kier alpha value is -2.61. The lowest BCUT2D eigenvalue weighted by atomic mass is 10.1. The van der Waals surface area contributed by atoms with Crippen molar-refractivity contribution < 1.29 is 29.3 Å². The highest BCUT2D eigenvalue weighted by Crippen LogP contribution is 2.10. The number of urea groups is 1. The van der Waals surface area contributed by atoms with Crippen LogP contribution in [0.25, 0.3) is 0 Å². The largest absolute Gasteiger partial charge is 0.479 e. The smallest absolute Gasteiger partial charge is 0.337 e. The summed E-state index contributed by atoms with van der Waals surface area (Å²) in [5.74, 6) is -1.94. The molecule has 1 aromatic carbocycles. The van der Waals surface area contributed by atoms with Gasteiger partial charge in [-0.1, -0.05) is 0 Å². The Balaban J connectivity index is 2.56. The minimum atomic E-state index is -2.05. The van der Waals surface area contributed by atoms with Crippen LogP contribution in [0.5, 0.6) is 0 Å². The van der Waals surface area contributed by atoms with E-state index in [0.717, 1.165) is 6.92 Å². The summed E-state index contributed by atoms with van der Waals surface area (Å²) in [6, 6.07) is 5.23. The fraction of sp³-hybridized carbons (Fsp3) is 0.308. The summed E-state index contributed by atoms with van der Waals surface area (Å²) in [5.41, 5.74) is -1.32. The molecule has 0 radical (unpaired) electrons. The molecule has 8 heteroatoms. The number of nitrogens with one attached hydrogen (secondary N) is 2. The fourth-order valence-corrected chi connectivity index (χ4v) is 1.31. The third-order valence-electron chi connectivity index (χ3n) is 2.62. The second-order valence-electron chi connectivity index (χ2n) is 4.46. The van der Waals surface area contributed by atoms with E-state index in [1.54, 1.807) is 0 Å². The zero-order valence-electron chi connectivity index (χ0n) is 11.5. The van der Waals surface area contributed by atoms with Crippen molar-refractivity contribution in [2.24, 2.45) is 0 Å². The summed E-state index contributed by atoms with van der Waals surface area (Å²) >= 11 is 0. The van der Waals surface area contributed by atoms with E-state index in [2.05, 4.69) is 15.4 Å². The van der Waals surface area contributed by atoms with E-state index in [1.165, 1.54) is 31.4 Å². The maximum absolute atomic E-state index is 11.5. The van der Waals surface area contributed by atoms with E-state index in [0.29, 0.717) is 11.3 Å². The van der Waals surface area contributed by atoms with Gasteiger partial charge in [0, 0.05) is 5.69 Å². The average molecular weight is 296 g/mol. The average Bonchev–Trinajstić information content (AvgIpc) is 2.45. The highest BCUT2D eigenvalue weighted by Gasteiger charge is 2.30. The van der Waals surface area contributed by atoms with Crippen LogP contribution in [0.3, 0.4) is 0 Å². The topological polar surface area (TPSA) is 125 Å². The third kappa shape index (κ3) is 4.77. The molecule has 4 N–H and O–H groups in total. The molecule has 0 spiro atoms. The Morgan fingerprint density at radius 2 is 1.81 bits per heavy atom. The number of ether oxygens (including phenoxy) is 1. The number of hydrogen-bond acceptors (Lipinski definition) is 5. The molecule has 0 aliphatic carbocycles. The number of carbonyl (C=O) groups excluding carboxylic acids is 2. The molecule has 0 bridgehead atoms. The number of carboxylic acid groups (broad SMARTS) is 1. The molecule has 0 aliphatic rings. The molecule has 2 amide bonds. The number of anilines is 1. The molecule has 0 aliphatic heterocycles. The van der Waals surface area contributed by atoms with Crippen molar-refractivity contribution in [2.45, 2.75) is 12.5 Å². The lowest BCUT2D eigenvalue weighted by Crippen LogP contribution is -2.47. The van der Waals surface area contributed by atoms with Gasteiger partial charge < -0.3 is 25.6 Å². The van der Waals surface area contributed by atoms with Gasteiger partial charge in [-0.25, -0.2) is 14.4 Å². The number of carbonyl (C=O) groups is 3. The van der Waals surface area contributed by atoms with E-state index in [-0.39, 0.29) is 0 Å². The number of amides is 2. The molecule has 0 heterocycles. The zero-order valence-corrected chi connectivity index (χ0v) is 11.5. The van der Waals surface area contributed by atoms with Gasteiger partial charge in [0.05, 0.1) is 19.2 Å². The molecular formula is C13H16N2O6. The minimum absolute atomic E-state index is 0.331. The van der Waals surface area contributed by atoms with Crippen molar-refractivity contribution >= 4 is 23.7 Å². The van der Waals surface area contributed by atoms with Crippen LogP contribution in [-0.2, 0) is 9.53 Å². The molecule has 0 aromatic heterocycles. The highest BCUT2D eigenvalue weighted by atomic mass is 16.5. The van der Waals surface area contributed by atoms with Gasteiger partial charge in [0.2, 0.25) is 0 Å². The predicted octanol–water partition coefficient (Wildman–Crippen LogP) is 0.430. The zero-order chi connectivity index (χ0) is 16.0. The molecule has 8 nitrogen and oxygen atoms in total. The Morgan fingerprint density at radius 3 is 2.29 bits per heavy atom. The molecule has 1 atom stereocenters. The molecular weight excluding hydrogens is 280 g/mol. The summed E-state index contributed by atoms with van der Waals surface area (Å²) in [4.78, 5) is 33.4. The lowest BCUT2D eigenvalue weighted by molar-refractivity contribution is -0.155. The first-order valence-corrected chi connectivity index (χ1v) is 5.95. The minimum Gasteiger partial charge on any atom is -0.479 e. The number of esters is 1. The van der Waals surface area contributed by atoms with Crippen LogP contribution in [0.4, 0.5) is 10.5 Å². The lowest BCUT2D eigenvalue weighted by Gasteiger charge is -2.18. The first-order valence-electron chi connectivity index (χ1n) is 5.95. The number of hydrogen-bond donors (Lipinski definition) is 4. The van der Waals surface area contributed by atoms with Gasteiger partial charge in [-0.15, -0.1) is 0 Å². The quantitative estimate of drug-likeness (QED) is 0.584. The predicted molar refractivity (Wildman–Crippen MR) is 73.1 cm³/mol. The van der Waals surface area contributed by atoms with Crippen LogP contribution >= 0.6 is 0 Å². The Morgan fingerprint density at radius 1 is 1.24 bits per heavy atom. The number of benzene rings is 1. The Labute approximate surface area is 120 Å². The van der Waals surface area contributed by atoms with Gasteiger partial charge >= 0.3 is 18.0 Å². The molecule has 0 saturated carbocycles. The molecule has 21 heavy (non-hydrogen) atoms. The van der Waals surface area contributed by atoms with Crippen LogP contribution in [-0.4, -0.2) is 47.4 Å². The van der Waals surface area contributed by atoms with Gasteiger partial charge in [0.1, 0.15) is 0 Å². The van der Waals surface area contributed by atoms with Gasteiger partial charge in [0.15, 0.2) is 5.60 Å². The summed E-state index contributed by atoms with van der Waals surface area (Å²) < 4.78 is 4.53. The van der Waals surface area contributed by atoms with E-state index >= 15 is 0 Å². The molecule has 1 aromatic rings. The molecule has 0 saturated heterocycles.